The van der Waals surface area contributed by atoms with Crippen LogP contribution in [0.3, 0.4) is 0 Å². The Morgan fingerprint density at radius 3 is 2.74 bits per heavy atom. The van der Waals surface area contributed by atoms with Gasteiger partial charge in [0.05, 0.1) is 5.69 Å². The van der Waals surface area contributed by atoms with Gasteiger partial charge in [0.15, 0.2) is 0 Å². The fraction of sp³-hybridized carbons (Fsp3) is 0.625. The molecule has 19 heavy (non-hydrogen) atoms. The Bertz CT molecular complexity index is 431. The van der Waals surface area contributed by atoms with E-state index < -0.39 is 0 Å². The van der Waals surface area contributed by atoms with Crippen LogP contribution in [0.15, 0.2) is 22.7 Å². The van der Waals surface area contributed by atoms with Crippen molar-refractivity contribution in [3.8, 4) is 0 Å². The molecule has 106 valence electrons. The van der Waals surface area contributed by atoms with Gasteiger partial charge in [0.2, 0.25) is 0 Å². The highest BCUT2D eigenvalue weighted by molar-refractivity contribution is 9.10. The van der Waals surface area contributed by atoms with Crippen LogP contribution < -0.4 is 10.2 Å². The molecule has 2 rings (SSSR count). The zero-order chi connectivity index (χ0) is 14.0. The van der Waals surface area contributed by atoms with E-state index in [1.54, 1.807) is 0 Å². The second-order valence-electron chi connectivity index (χ2n) is 5.93. The van der Waals surface area contributed by atoms with E-state index in [-0.39, 0.29) is 0 Å². The molecule has 0 radical (unpaired) electrons. The van der Waals surface area contributed by atoms with E-state index in [9.17, 15) is 0 Å². The molecule has 1 aliphatic rings. The van der Waals surface area contributed by atoms with E-state index in [1.807, 2.05) is 0 Å². The van der Waals surface area contributed by atoms with E-state index in [1.165, 1.54) is 22.1 Å². The van der Waals surface area contributed by atoms with Crippen molar-refractivity contribution in [1.29, 1.82) is 0 Å². The molecule has 1 heterocycles. The molecular weight excluding hydrogens is 300 g/mol. The zero-order valence-electron chi connectivity index (χ0n) is 12.4. The van der Waals surface area contributed by atoms with Crippen molar-refractivity contribution in [1.82, 2.24) is 5.32 Å². The van der Waals surface area contributed by atoms with E-state index in [0.717, 1.165) is 13.1 Å². The van der Waals surface area contributed by atoms with Gasteiger partial charge in [-0.05, 0) is 52.9 Å². The van der Waals surface area contributed by atoms with Gasteiger partial charge in [-0.25, -0.2) is 0 Å². The number of nitrogens with zero attached hydrogens (tertiary/aromatic N) is 1. The second-order valence-corrected chi connectivity index (χ2v) is 6.79. The van der Waals surface area contributed by atoms with Crippen LogP contribution in [0.2, 0.25) is 0 Å². The third-order valence-corrected chi connectivity index (χ3v) is 4.74. The van der Waals surface area contributed by atoms with Crippen LogP contribution in [0.5, 0.6) is 0 Å². The van der Waals surface area contributed by atoms with E-state index in [0.29, 0.717) is 18.0 Å². The largest absolute Gasteiger partial charge is 0.365 e. The molecule has 2 unspecified atom stereocenters. The van der Waals surface area contributed by atoms with Crippen LogP contribution in [0.25, 0.3) is 0 Å². The summed E-state index contributed by atoms with van der Waals surface area (Å²) in [7, 11) is 0. The van der Waals surface area contributed by atoms with Gasteiger partial charge < -0.3 is 10.2 Å². The lowest BCUT2D eigenvalue weighted by molar-refractivity contribution is 0.333. The number of hydrogen-bond acceptors (Lipinski definition) is 2. The number of rotatable bonds is 3. The Kier molecular flexibility index (Phi) is 4.91. The van der Waals surface area contributed by atoms with Crippen molar-refractivity contribution in [3.63, 3.8) is 0 Å². The molecule has 0 amide bonds. The first-order valence-electron chi connectivity index (χ1n) is 7.29. The molecule has 0 saturated carbocycles. The van der Waals surface area contributed by atoms with Crippen molar-refractivity contribution >= 4 is 21.6 Å². The summed E-state index contributed by atoms with van der Waals surface area (Å²) in [6.45, 7) is 11.2. The summed E-state index contributed by atoms with van der Waals surface area (Å²) in [5, 5.41) is 3.67. The van der Waals surface area contributed by atoms with Crippen molar-refractivity contribution in [2.24, 2.45) is 5.92 Å². The zero-order valence-corrected chi connectivity index (χ0v) is 14.0. The summed E-state index contributed by atoms with van der Waals surface area (Å²) in [4.78, 5) is 2.58. The molecule has 1 aromatic carbocycles. The van der Waals surface area contributed by atoms with E-state index >= 15 is 0 Å². The van der Waals surface area contributed by atoms with E-state index in [2.05, 4.69) is 72.0 Å². The Balaban J connectivity index is 2.30. The van der Waals surface area contributed by atoms with Gasteiger partial charge >= 0.3 is 0 Å². The van der Waals surface area contributed by atoms with Crippen molar-refractivity contribution < 1.29 is 0 Å². The van der Waals surface area contributed by atoms with Crippen LogP contribution in [0, 0.1) is 12.8 Å². The fourth-order valence-electron chi connectivity index (χ4n) is 2.83. The van der Waals surface area contributed by atoms with Gasteiger partial charge in [0.1, 0.15) is 0 Å². The van der Waals surface area contributed by atoms with Crippen LogP contribution in [-0.4, -0.2) is 25.2 Å². The number of halogens is 1. The van der Waals surface area contributed by atoms with Gasteiger partial charge in [0, 0.05) is 29.6 Å². The molecule has 2 atom stereocenters. The SMILES string of the molecule is CCC1CN(c2ccc(C)cc2Br)C(C(C)C)CN1. The summed E-state index contributed by atoms with van der Waals surface area (Å²) >= 11 is 3.74. The lowest BCUT2D eigenvalue weighted by atomic mass is 9.96. The maximum Gasteiger partial charge on any atom is 0.0514 e. The third kappa shape index (κ3) is 3.32. The molecule has 0 bridgehead atoms. The quantitative estimate of drug-likeness (QED) is 0.905. The molecule has 1 aromatic rings. The predicted octanol–water partition coefficient (Wildman–Crippen LogP) is 3.97. The maximum atomic E-state index is 3.74. The number of piperazine rings is 1. The Hall–Kier alpha value is -0.540. The molecule has 1 saturated heterocycles. The average Bonchev–Trinajstić information content (AvgIpc) is 2.38. The van der Waals surface area contributed by atoms with Crippen LogP contribution in [0.4, 0.5) is 5.69 Å². The van der Waals surface area contributed by atoms with Gasteiger partial charge in [-0.1, -0.05) is 26.8 Å². The normalized spacial score (nSPS) is 24.0. The predicted molar refractivity (Wildman–Crippen MR) is 86.9 cm³/mol. The van der Waals surface area contributed by atoms with Crippen LogP contribution in [0.1, 0.15) is 32.8 Å². The molecule has 0 spiro atoms. The topological polar surface area (TPSA) is 15.3 Å². The molecule has 1 aliphatic heterocycles. The summed E-state index contributed by atoms with van der Waals surface area (Å²) in [5.74, 6) is 0.651. The number of benzene rings is 1. The minimum absolute atomic E-state index is 0.571. The lowest BCUT2D eigenvalue weighted by Crippen LogP contribution is -2.58. The van der Waals surface area contributed by atoms with Crippen molar-refractivity contribution in [2.45, 2.75) is 46.2 Å². The number of hydrogen-bond donors (Lipinski definition) is 1. The molecule has 0 aromatic heterocycles. The van der Waals surface area contributed by atoms with Crippen molar-refractivity contribution in [3.05, 3.63) is 28.2 Å². The Morgan fingerprint density at radius 2 is 2.16 bits per heavy atom. The van der Waals surface area contributed by atoms with Crippen LogP contribution in [-0.2, 0) is 0 Å². The highest BCUT2D eigenvalue weighted by Crippen LogP contribution is 2.31. The maximum absolute atomic E-state index is 3.74. The highest BCUT2D eigenvalue weighted by Gasteiger charge is 2.30. The standard InChI is InChI=1S/C16H25BrN2/c1-5-13-10-19(16(9-18-13)11(2)3)15-7-6-12(4)8-14(15)17/h6-8,11,13,16,18H,5,9-10H2,1-4H3. The summed E-state index contributed by atoms with van der Waals surface area (Å²) in [5.41, 5.74) is 2.64. The number of nitrogens with one attached hydrogen (secondary N) is 1. The summed E-state index contributed by atoms with van der Waals surface area (Å²) in [6.07, 6.45) is 1.19. The minimum atomic E-state index is 0.571. The smallest absolute Gasteiger partial charge is 0.0514 e. The third-order valence-electron chi connectivity index (χ3n) is 4.11. The molecule has 1 N–H and O–H groups in total. The minimum Gasteiger partial charge on any atom is -0.365 e. The van der Waals surface area contributed by atoms with Gasteiger partial charge in [-0.3, -0.25) is 0 Å². The molecular formula is C16H25BrN2. The van der Waals surface area contributed by atoms with Crippen molar-refractivity contribution in [2.75, 3.05) is 18.0 Å². The average molecular weight is 325 g/mol. The highest BCUT2D eigenvalue weighted by atomic mass is 79.9. The first-order chi connectivity index (χ1) is 9.02. The lowest BCUT2D eigenvalue weighted by Gasteiger charge is -2.44. The Labute approximate surface area is 125 Å². The molecule has 3 heteroatoms. The first kappa shape index (κ1) is 14.9. The van der Waals surface area contributed by atoms with Gasteiger partial charge in [-0.2, -0.15) is 0 Å². The van der Waals surface area contributed by atoms with Gasteiger partial charge in [0.25, 0.3) is 0 Å². The first-order valence-corrected chi connectivity index (χ1v) is 8.08. The van der Waals surface area contributed by atoms with E-state index in [4.69, 9.17) is 0 Å². The molecule has 1 fully saturated rings. The monoisotopic (exact) mass is 324 g/mol. The summed E-state index contributed by atoms with van der Waals surface area (Å²) in [6, 6.07) is 7.85. The Morgan fingerprint density at radius 1 is 1.42 bits per heavy atom. The second kappa shape index (κ2) is 6.27. The number of anilines is 1. The molecule has 2 nitrogen and oxygen atoms in total. The van der Waals surface area contributed by atoms with Gasteiger partial charge in [-0.15, -0.1) is 0 Å². The summed E-state index contributed by atoms with van der Waals surface area (Å²) < 4.78 is 1.22. The fourth-order valence-corrected chi connectivity index (χ4v) is 3.55. The van der Waals surface area contributed by atoms with Crippen LogP contribution >= 0.6 is 15.9 Å². The number of aryl methyl sites for hydroxylation is 1. The molecule has 0 aliphatic carbocycles.